The normalized spacial score (nSPS) is 14.9. The van der Waals surface area contributed by atoms with E-state index in [0.717, 1.165) is 44.3 Å². The van der Waals surface area contributed by atoms with Gasteiger partial charge in [0.05, 0.1) is 7.11 Å². The molecule has 1 aliphatic heterocycles. The molecular formula is C18H25N5O. The molecule has 24 heavy (non-hydrogen) atoms. The summed E-state index contributed by atoms with van der Waals surface area (Å²) in [5.41, 5.74) is 2.46. The van der Waals surface area contributed by atoms with Gasteiger partial charge in [0.15, 0.2) is 0 Å². The van der Waals surface area contributed by atoms with Crippen molar-refractivity contribution in [2.24, 2.45) is 0 Å². The van der Waals surface area contributed by atoms with E-state index >= 15 is 0 Å². The molecule has 0 saturated heterocycles. The Kier molecular flexibility index (Phi) is 5.15. The number of hydrogen-bond acceptors (Lipinski definition) is 6. The second-order valence-corrected chi connectivity index (χ2v) is 6.05. The Labute approximate surface area is 143 Å². The summed E-state index contributed by atoms with van der Waals surface area (Å²) in [4.78, 5) is 13.7. The van der Waals surface area contributed by atoms with Gasteiger partial charge in [0.1, 0.15) is 11.6 Å². The predicted molar refractivity (Wildman–Crippen MR) is 96.6 cm³/mol. The maximum absolute atomic E-state index is 5.23. The lowest BCUT2D eigenvalue weighted by atomic mass is 10.2. The minimum atomic E-state index is 0.701. The summed E-state index contributed by atoms with van der Waals surface area (Å²) in [7, 11) is 3.79. The molecule has 6 heteroatoms. The molecular weight excluding hydrogens is 302 g/mol. The molecule has 1 N–H and O–H groups in total. The Morgan fingerprint density at radius 2 is 2.00 bits per heavy atom. The number of rotatable bonds is 5. The summed E-state index contributed by atoms with van der Waals surface area (Å²) in [6.45, 7) is 6.59. The van der Waals surface area contributed by atoms with Crippen molar-refractivity contribution >= 4 is 11.8 Å². The van der Waals surface area contributed by atoms with Crippen LogP contribution >= 0.6 is 0 Å². The number of fused-ring (bicyclic) bond motifs is 1. The van der Waals surface area contributed by atoms with Crippen molar-refractivity contribution in [2.45, 2.75) is 20.0 Å². The first-order chi connectivity index (χ1) is 11.7. The summed E-state index contributed by atoms with van der Waals surface area (Å²) >= 11 is 0. The van der Waals surface area contributed by atoms with Crippen LogP contribution in [0.1, 0.15) is 18.1 Å². The maximum atomic E-state index is 5.23. The van der Waals surface area contributed by atoms with Gasteiger partial charge in [0.2, 0.25) is 5.95 Å². The minimum Gasteiger partial charge on any atom is -0.497 e. The molecule has 128 valence electrons. The maximum Gasteiger partial charge on any atom is 0.224 e. The minimum absolute atomic E-state index is 0.701. The third-order valence-corrected chi connectivity index (χ3v) is 4.25. The van der Waals surface area contributed by atoms with Gasteiger partial charge in [-0.05, 0) is 24.6 Å². The quantitative estimate of drug-likeness (QED) is 0.910. The molecule has 1 aromatic carbocycles. The topological polar surface area (TPSA) is 53.5 Å². The first kappa shape index (κ1) is 16.5. The van der Waals surface area contributed by atoms with Gasteiger partial charge in [-0.25, -0.2) is 4.98 Å². The van der Waals surface area contributed by atoms with Gasteiger partial charge in [-0.3, -0.25) is 4.90 Å². The lowest BCUT2D eigenvalue weighted by molar-refractivity contribution is 0.269. The van der Waals surface area contributed by atoms with Crippen LogP contribution in [0.25, 0.3) is 0 Å². The molecule has 0 amide bonds. The van der Waals surface area contributed by atoms with Crippen molar-refractivity contribution in [1.29, 1.82) is 0 Å². The summed E-state index contributed by atoms with van der Waals surface area (Å²) in [5, 5.41) is 3.19. The molecule has 0 aliphatic carbocycles. The van der Waals surface area contributed by atoms with Crippen molar-refractivity contribution in [3.63, 3.8) is 0 Å². The zero-order valence-corrected chi connectivity index (χ0v) is 14.6. The molecule has 0 radical (unpaired) electrons. The number of nitrogens with zero attached hydrogens (tertiary/aromatic N) is 4. The number of anilines is 2. The number of aromatic nitrogens is 2. The number of methoxy groups -OCH3 is 1. The van der Waals surface area contributed by atoms with E-state index in [-0.39, 0.29) is 0 Å². The first-order valence-electron chi connectivity index (χ1n) is 8.35. The second-order valence-electron chi connectivity index (χ2n) is 6.05. The Hall–Kier alpha value is -2.34. The molecule has 2 aromatic rings. The highest BCUT2D eigenvalue weighted by Crippen LogP contribution is 2.23. The summed E-state index contributed by atoms with van der Waals surface area (Å²) in [5.74, 6) is 2.62. The fourth-order valence-electron chi connectivity index (χ4n) is 2.92. The zero-order valence-electron chi connectivity index (χ0n) is 14.6. The number of benzene rings is 1. The van der Waals surface area contributed by atoms with Crippen molar-refractivity contribution in [3.8, 4) is 5.75 Å². The van der Waals surface area contributed by atoms with Gasteiger partial charge in [0, 0.05) is 51.5 Å². The third kappa shape index (κ3) is 3.76. The largest absolute Gasteiger partial charge is 0.497 e. The molecule has 0 unspecified atom stereocenters. The SMILES string of the molecule is CCNc1ncc2c(n1)N(C)CCN(Cc1ccc(OC)cc1)C2. The number of likely N-dealkylation sites (N-methyl/N-ethyl adjacent to an activating group) is 1. The molecule has 0 bridgehead atoms. The number of nitrogens with one attached hydrogen (secondary N) is 1. The molecule has 0 fully saturated rings. The Morgan fingerprint density at radius 1 is 1.21 bits per heavy atom. The molecule has 0 saturated carbocycles. The molecule has 0 spiro atoms. The summed E-state index contributed by atoms with van der Waals surface area (Å²) in [6.07, 6.45) is 1.95. The molecule has 0 atom stereocenters. The van der Waals surface area contributed by atoms with E-state index in [9.17, 15) is 0 Å². The van der Waals surface area contributed by atoms with Crippen molar-refractivity contribution < 1.29 is 4.74 Å². The molecule has 3 rings (SSSR count). The second kappa shape index (κ2) is 7.49. The van der Waals surface area contributed by atoms with Crippen LogP contribution in [0.5, 0.6) is 5.75 Å². The monoisotopic (exact) mass is 327 g/mol. The van der Waals surface area contributed by atoms with Crippen LogP contribution < -0.4 is 15.0 Å². The Morgan fingerprint density at radius 3 is 2.71 bits per heavy atom. The van der Waals surface area contributed by atoms with Crippen molar-refractivity contribution in [2.75, 3.05) is 44.0 Å². The summed E-state index contributed by atoms with van der Waals surface area (Å²) in [6, 6.07) is 8.27. The van der Waals surface area contributed by atoms with E-state index in [2.05, 4.69) is 51.2 Å². The lowest BCUT2D eigenvalue weighted by Crippen LogP contribution is -2.29. The highest BCUT2D eigenvalue weighted by Gasteiger charge is 2.20. The van der Waals surface area contributed by atoms with E-state index in [1.165, 1.54) is 11.1 Å². The van der Waals surface area contributed by atoms with Crippen LogP contribution in [0.2, 0.25) is 0 Å². The average molecular weight is 327 g/mol. The zero-order chi connectivity index (χ0) is 16.9. The molecule has 1 aliphatic rings. The lowest BCUT2D eigenvalue weighted by Gasteiger charge is -2.20. The van der Waals surface area contributed by atoms with Crippen LogP contribution in [-0.2, 0) is 13.1 Å². The fraction of sp³-hybridized carbons (Fsp3) is 0.444. The standard InChI is InChI=1S/C18H25N5O/c1-4-19-18-20-11-15-13-23(10-9-22(2)17(15)21-18)12-14-5-7-16(24-3)8-6-14/h5-8,11H,4,9-10,12-13H2,1-3H3,(H,19,20,21). The van der Waals surface area contributed by atoms with Crippen LogP contribution in [0.15, 0.2) is 30.5 Å². The highest BCUT2D eigenvalue weighted by molar-refractivity contribution is 5.49. The van der Waals surface area contributed by atoms with Gasteiger partial charge in [-0.15, -0.1) is 0 Å². The van der Waals surface area contributed by atoms with E-state index in [1.54, 1.807) is 7.11 Å². The number of hydrogen-bond donors (Lipinski definition) is 1. The Bertz CT molecular complexity index is 674. The van der Waals surface area contributed by atoms with E-state index in [4.69, 9.17) is 4.74 Å². The average Bonchev–Trinajstić information content (AvgIpc) is 2.75. The predicted octanol–water partition coefficient (Wildman–Crippen LogP) is 2.37. The Balaban J connectivity index is 1.75. The van der Waals surface area contributed by atoms with Crippen LogP contribution in [0.3, 0.4) is 0 Å². The van der Waals surface area contributed by atoms with Crippen LogP contribution in [-0.4, -0.2) is 48.7 Å². The number of ether oxygens (including phenoxy) is 1. The van der Waals surface area contributed by atoms with Crippen LogP contribution in [0.4, 0.5) is 11.8 Å². The fourth-order valence-corrected chi connectivity index (χ4v) is 2.92. The van der Waals surface area contributed by atoms with Gasteiger partial charge in [0.25, 0.3) is 0 Å². The highest BCUT2D eigenvalue weighted by atomic mass is 16.5. The van der Waals surface area contributed by atoms with Gasteiger partial charge >= 0.3 is 0 Å². The van der Waals surface area contributed by atoms with Gasteiger partial charge in [-0.2, -0.15) is 4.98 Å². The molecule has 6 nitrogen and oxygen atoms in total. The molecule has 1 aromatic heterocycles. The molecule has 2 heterocycles. The van der Waals surface area contributed by atoms with E-state index in [0.29, 0.717) is 5.95 Å². The summed E-state index contributed by atoms with van der Waals surface area (Å²) < 4.78 is 5.23. The van der Waals surface area contributed by atoms with E-state index < -0.39 is 0 Å². The van der Waals surface area contributed by atoms with E-state index in [1.807, 2.05) is 18.3 Å². The van der Waals surface area contributed by atoms with Crippen molar-refractivity contribution in [1.82, 2.24) is 14.9 Å². The first-order valence-corrected chi connectivity index (χ1v) is 8.35. The third-order valence-electron chi connectivity index (χ3n) is 4.25. The smallest absolute Gasteiger partial charge is 0.224 e. The van der Waals surface area contributed by atoms with Crippen molar-refractivity contribution in [3.05, 3.63) is 41.6 Å². The van der Waals surface area contributed by atoms with Gasteiger partial charge < -0.3 is 15.0 Å². The van der Waals surface area contributed by atoms with Gasteiger partial charge in [-0.1, -0.05) is 12.1 Å². The van der Waals surface area contributed by atoms with Crippen LogP contribution in [0, 0.1) is 0 Å².